The van der Waals surface area contributed by atoms with Gasteiger partial charge in [0.25, 0.3) is 0 Å². The second kappa shape index (κ2) is 8.28. The van der Waals surface area contributed by atoms with Gasteiger partial charge in [0.1, 0.15) is 4.90 Å². The summed E-state index contributed by atoms with van der Waals surface area (Å²) in [4.78, 5) is 14.3. The molecule has 1 saturated heterocycles. The van der Waals surface area contributed by atoms with Crippen molar-refractivity contribution in [2.45, 2.75) is 38.1 Å². The molecule has 0 radical (unpaired) electrons. The molecule has 2 N–H and O–H groups in total. The number of rotatable bonds is 4. The standard InChI is InChI=1S/C14H25N5O3S.ClH/c1-10-13(12(3)18(4)16-10)23(21,22)17-11(2)14(20)19-8-5-6-15-7-9-19;/h11,15,17H,5-9H2,1-4H3;1H. The van der Waals surface area contributed by atoms with Crippen molar-refractivity contribution in [3.8, 4) is 0 Å². The van der Waals surface area contributed by atoms with Gasteiger partial charge in [0, 0.05) is 26.7 Å². The number of aryl methyl sites for hydroxylation is 2. The fourth-order valence-electron chi connectivity index (χ4n) is 2.83. The van der Waals surface area contributed by atoms with Crippen LogP contribution in [0.2, 0.25) is 0 Å². The van der Waals surface area contributed by atoms with E-state index in [9.17, 15) is 13.2 Å². The molecule has 0 bridgehead atoms. The van der Waals surface area contributed by atoms with Crippen molar-refractivity contribution >= 4 is 28.3 Å². The van der Waals surface area contributed by atoms with E-state index in [2.05, 4.69) is 15.1 Å². The molecule has 1 aromatic heterocycles. The Balaban J connectivity index is 0.00000288. The first kappa shape index (κ1) is 20.9. The van der Waals surface area contributed by atoms with E-state index in [0.29, 0.717) is 24.5 Å². The largest absolute Gasteiger partial charge is 0.340 e. The van der Waals surface area contributed by atoms with Crippen molar-refractivity contribution in [3.63, 3.8) is 0 Å². The Bertz CT molecular complexity index is 681. The van der Waals surface area contributed by atoms with E-state index >= 15 is 0 Å². The summed E-state index contributed by atoms with van der Waals surface area (Å²) in [5.41, 5.74) is 0.977. The van der Waals surface area contributed by atoms with Crippen LogP contribution in [0, 0.1) is 13.8 Å². The molecule has 138 valence electrons. The third kappa shape index (κ3) is 4.47. The first-order valence-electron chi connectivity index (χ1n) is 7.76. The smallest absolute Gasteiger partial charge is 0.244 e. The minimum atomic E-state index is -3.79. The van der Waals surface area contributed by atoms with Crippen molar-refractivity contribution in [3.05, 3.63) is 11.4 Å². The molecule has 10 heteroatoms. The molecule has 0 spiro atoms. The molecule has 24 heavy (non-hydrogen) atoms. The fourth-order valence-corrected chi connectivity index (χ4v) is 4.46. The Morgan fingerprint density at radius 2 is 1.96 bits per heavy atom. The molecule has 2 rings (SSSR count). The van der Waals surface area contributed by atoms with Gasteiger partial charge < -0.3 is 10.2 Å². The first-order valence-corrected chi connectivity index (χ1v) is 9.24. The number of hydrogen-bond donors (Lipinski definition) is 2. The molecule has 1 aliphatic rings. The van der Waals surface area contributed by atoms with Crippen LogP contribution < -0.4 is 10.0 Å². The molecule has 1 atom stereocenters. The number of aromatic nitrogens is 2. The van der Waals surface area contributed by atoms with Gasteiger partial charge in [-0.15, -0.1) is 12.4 Å². The Morgan fingerprint density at radius 3 is 2.54 bits per heavy atom. The lowest BCUT2D eigenvalue weighted by atomic mass is 10.3. The van der Waals surface area contributed by atoms with Crippen LogP contribution in [0.15, 0.2) is 4.90 Å². The first-order chi connectivity index (χ1) is 10.7. The van der Waals surface area contributed by atoms with Crippen LogP contribution in [0.5, 0.6) is 0 Å². The Labute approximate surface area is 149 Å². The molecule has 0 aliphatic carbocycles. The normalized spacial score (nSPS) is 17.1. The number of nitrogens with zero attached hydrogens (tertiary/aromatic N) is 3. The summed E-state index contributed by atoms with van der Waals surface area (Å²) in [6.07, 6.45) is 0.867. The SMILES string of the molecule is Cc1nn(C)c(C)c1S(=O)(=O)NC(C)C(=O)N1CCCNCC1.Cl. The predicted molar refractivity (Wildman–Crippen MR) is 93.8 cm³/mol. The maximum absolute atomic E-state index is 12.6. The van der Waals surface area contributed by atoms with Crippen molar-refractivity contribution in [1.29, 1.82) is 0 Å². The Hall–Kier alpha value is -1.16. The van der Waals surface area contributed by atoms with Crippen LogP contribution in [0.1, 0.15) is 24.7 Å². The maximum atomic E-state index is 12.6. The summed E-state index contributed by atoms with van der Waals surface area (Å²) in [7, 11) is -2.09. The highest BCUT2D eigenvalue weighted by molar-refractivity contribution is 7.89. The van der Waals surface area contributed by atoms with E-state index in [1.54, 1.807) is 32.7 Å². The molecule has 1 aliphatic heterocycles. The highest BCUT2D eigenvalue weighted by Crippen LogP contribution is 2.18. The predicted octanol–water partition coefficient (Wildman–Crippen LogP) is -0.0526. The molecule has 8 nitrogen and oxygen atoms in total. The molecular formula is C14H26ClN5O3S. The second-order valence-corrected chi connectivity index (χ2v) is 7.55. The second-order valence-electron chi connectivity index (χ2n) is 5.90. The Kier molecular flexibility index (Phi) is 7.21. The van der Waals surface area contributed by atoms with Crippen LogP contribution in [-0.2, 0) is 21.9 Å². The molecular weight excluding hydrogens is 354 g/mol. The van der Waals surface area contributed by atoms with E-state index in [1.807, 2.05) is 0 Å². The van der Waals surface area contributed by atoms with Crippen molar-refractivity contribution in [2.24, 2.45) is 7.05 Å². The maximum Gasteiger partial charge on any atom is 0.244 e. The number of halogens is 1. The highest BCUT2D eigenvalue weighted by Gasteiger charge is 2.29. The third-order valence-corrected chi connectivity index (χ3v) is 5.86. The minimum absolute atomic E-state index is 0. The van der Waals surface area contributed by atoms with Crippen LogP contribution in [0.4, 0.5) is 0 Å². The topological polar surface area (TPSA) is 96.3 Å². The summed E-state index contributed by atoms with van der Waals surface area (Å²) < 4.78 is 29.2. The zero-order valence-corrected chi connectivity index (χ0v) is 16.1. The van der Waals surface area contributed by atoms with Crippen LogP contribution in [0.3, 0.4) is 0 Å². The van der Waals surface area contributed by atoms with Gasteiger partial charge in [-0.3, -0.25) is 9.48 Å². The van der Waals surface area contributed by atoms with Crippen LogP contribution in [-0.4, -0.2) is 61.2 Å². The van der Waals surface area contributed by atoms with Crippen molar-refractivity contribution in [1.82, 2.24) is 24.7 Å². The monoisotopic (exact) mass is 379 g/mol. The summed E-state index contributed by atoms with van der Waals surface area (Å²) in [6.45, 7) is 7.76. The lowest BCUT2D eigenvalue weighted by molar-refractivity contribution is -0.132. The molecule has 1 unspecified atom stereocenters. The van der Waals surface area contributed by atoms with Gasteiger partial charge in [-0.2, -0.15) is 9.82 Å². The minimum Gasteiger partial charge on any atom is -0.340 e. The van der Waals surface area contributed by atoms with Gasteiger partial charge in [-0.05, 0) is 33.7 Å². The van der Waals surface area contributed by atoms with E-state index in [1.165, 1.54) is 4.68 Å². The van der Waals surface area contributed by atoms with Crippen LogP contribution in [0.25, 0.3) is 0 Å². The number of nitrogens with one attached hydrogen (secondary N) is 2. The molecule has 0 aromatic carbocycles. The van der Waals surface area contributed by atoms with Crippen LogP contribution >= 0.6 is 12.4 Å². The summed E-state index contributed by atoms with van der Waals surface area (Å²) >= 11 is 0. The van der Waals surface area contributed by atoms with E-state index < -0.39 is 16.1 Å². The number of sulfonamides is 1. The number of amides is 1. The van der Waals surface area contributed by atoms with E-state index in [-0.39, 0.29) is 23.2 Å². The van der Waals surface area contributed by atoms with Crippen molar-refractivity contribution in [2.75, 3.05) is 26.2 Å². The van der Waals surface area contributed by atoms with Gasteiger partial charge in [0.15, 0.2) is 0 Å². The van der Waals surface area contributed by atoms with Gasteiger partial charge in [0.05, 0.1) is 17.4 Å². The molecule has 1 aromatic rings. The molecule has 0 saturated carbocycles. The van der Waals surface area contributed by atoms with E-state index in [0.717, 1.165) is 19.5 Å². The fraction of sp³-hybridized carbons (Fsp3) is 0.714. The quantitative estimate of drug-likeness (QED) is 0.764. The molecule has 2 heterocycles. The zero-order chi connectivity index (χ0) is 17.2. The summed E-state index contributed by atoms with van der Waals surface area (Å²) in [5.74, 6) is -0.198. The van der Waals surface area contributed by atoms with E-state index in [4.69, 9.17) is 0 Å². The molecule has 1 fully saturated rings. The summed E-state index contributed by atoms with van der Waals surface area (Å²) in [5, 5.41) is 7.34. The summed E-state index contributed by atoms with van der Waals surface area (Å²) in [6, 6.07) is -0.808. The highest BCUT2D eigenvalue weighted by atomic mass is 35.5. The molecule has 1 amide bonds. The zero-order valence-electron chi connectivity index (χ0n) is 14.5. The Morgan fingerprint density at radius 1 is 1.29 bits per heavy atom. The average Bonchev–Trinajstić information content (AvgIpc) is 2.67. The number of carbonyl (C=O) groups excluding carboxylic acids is 1. The van der Waals surface area contributed by atoms with Crippen molar-refractivity contribution < 1.29 is 13.2 Å². The van der Waals surface area contributed by atoms with Gasteiger partial charge in [-0.25, -0.2) is 8.42 Å². The third-order valence-electron chi connectivity index (χ3n) is 4.07. The lowest BCUT2D eigenvalue weighted by Gasteiger charge is -2.24. The lowest BCUT2D eigenvalue weighted by Crippen LogP contribution is -2.48. The number of hydrogen-bond acceptors (Lipinski definition) is 5. The number of carbonyl (C=O) groups is 1. The van der Waals surface area contributed by atoms with Gasteiger partial charge in [0.2, 0.25) is 15.9 Å². The van der Waals surface area contributed by atoms with Gasteiger partial charge in [-0.1, -0.05) is 0 Å². The average molecular weight is 380 g/mol. The van der Waals surface area contributed by atoms with Gasteiger partial charge >= 0.3 is 0 Å².